The van der Waals surface area contributed by atoms with Crippen molar-refractivity contribution in [2.75, 3.05) is 13.7 Å². The molecule has 4 heteroatoms. The lowest BCUT2D eigenvalue weighted by atomic mass is 10.0. The van der Waals surface area contributed by atoms with E-state index in [0.717, 1.165) is 11.1 Å². The van der Waals surface area contributed by atoms with Gasteiger partial charge in [0.25, 0.3) is 0 Å². The molecule has 1 rings (SSSR count). The molecule has 0 saturated carbocycles. The van der Waals surface area contributed by atoms with Gasteiger partial charge in [-0.15, -0.1) is 0 Å². The fourth-order valence-corrected chi connectivity index (χ4v) is 1.42. The van der Waals surface area contributed by atoms with Gasteiger partial charge in [-0.05, 0) is 25.1 Å². The van der Waals surface area contributed by atoms with Gasteiger partial charge in [0.2, 0.25) is 0 Å². The van der Waals surface area contributed by atoms with E-state index in [4.69, 9.17) is 4.74 Å². The molecule has 1 N–H and O–H groups in total. The molecule has 0 saturated heterocycles. The van der Waals surface area contributed by atoms with Gasteiger partial charge in [-0.25, -0.2) is 4.79 Å². The molecule has 1 heterocycles. The zero-order chi connectivity index (χ0) is 11.3. The SMILES string of the molecule is CCNC(C(=O)OC)c1cnccc1C. The number of nitrogens with zero attached hydrogens (tertiary/aromatic N) is 1. The van der Waals surface area contributed by atoms with Crippen molar-refractivity contribution in [3.8, 4) is 0 Å². The minimum atomic E-state index is -0.423. The Morgan fingerprint density at radius 1 is 1.67 bits per heavy atom. The first-order chi connectivity index (χ1) is 7.20. The van der Waals surface area contributed by atoms with Crippen LogP contribution in [0.4, 0.5) is 0 Å². The smallest absolute Gasteiger partial charge is 0.327 e. The third-order valence-corrected chi connectivity index (χ3v) is 2.24. The second kappa shape index (κ2) is 5.46. The Balaban J connectivity index is 2.98. The zero-order valence-electron chi connectivity index (χ0n) is 9.28. The van der Waals surface area contributed by atoms with Gasteiger partial charge < -0.3 is 10.1 Å². The minimum Gasteiger partial charge on any atom is -0.468 e. The summed E-state index contributed by atoms with van der Waals surface area (Å²) in [6.07, 6.45) is 3.40. The normalized spacial score (nSPS) is 12.2. The van der Waals surface area contributed by atoms with E-state index in [1.807, 2.05) is 19.9 Å². The van der Waals surface area contributed by atoms with Crippen molar-refractivity contribution in [2.24, 2.45) is 0 Å². The Morgan fingerprint density at radius 2 is 2.40 bits per heavy atom. The van der Waals surface area contributed by atoms with Crippen LogP contribution in [-0.4, -0.2) is 24.6 Å². The largest absolute Gasteiger partial charge is 0.468 e. The van der Waals surface area contributed by atoms with E-state index in [-0.39, 0.29) is 5.97 Å². The van der Waals surface area contributed by atoms with Crippen molar-refractivity contribution in [3.05, 3.63) is 29.6 Å². The molecule has 0 amide bonds. The first-order valence-electron chi connectivity index (χ1n) is 4.92. The van der Waals surface area contributed by atoms with Gasteiger partial charge in [0.15, 0.2) is 0 Å². The number of methoxy groups -OCH3 is 1. The predicted molar refractivity (Wildman–Crippen MR) is 57.4 cm³/mol. The van der Waals surface area contributed by atoms with Crippen LogP contribution in [0.25, 0.3) is 0 Å². The molecule has 15 heavy (non-hydrogen) atoms. The van der Waals surface area contributed by atoms with Crippen LogP contribution < -0.4 is 5.32 Å². The number of ether oxygens (including phenoxy) is 1. The summed E-state index contributed by atoms with van der Waals surface area (Å²) < 4.78 is 4.75. The van der Waals surface area contributed by atoms with Gasteiger partial charge in [0.1, 0.15) is 6.04 Å². The van der Waals surface area contributed by atoms with Crippen molar-refractivity contribution in [3.63, 3.8) is 0 Å². The third kappa shape index (κ3) is 2.76. The zero-order valence-corrected chi connectivity index (χ0v) is 9.28. The average molecular weight is 208 g/mol. The molecular weight excluding hydrogens is 192 g/mol. The summed E-state index contributed by atoms with van der Waals surface area (Å²) in [6.45, 7) is 4.60. The summed E-state index contributed by atoms with van der Waals surface area (Å²) in [5.41, 5.74) is 1.90. The van der Waals surface area contributed by atoms with E-state index >= 15 is 0 Å². The average Bonchev–Trinajstić information content (AvgIpc) is 2.26. The minimum absolute atomic E-state index is 0.284. The standard InChI is InChI=1S/C11H16N2O2/c1-4-13-10(11(14)15-3)9-7-12-6-5-8(9)2/h5-7,10,13H,4H2,1-3H3. The van der Waals surface area contributed by atoms with Crippen LogP contribution >= 0.6 is 0 Å². The molecule has 0 aromatic carbocycles. The summed E-state index contributed by atoms with van der Waals surface area (Å²) >= 11 is 0. The van der Waals surface area contributed by atoms with Gasteiger partial charge in [-0.1, -0.05) is 6.92 Å². The van der Waals surface area contributed by atoms with Crippen molar-refractivity contribution in [2.45, 2.75) is 19.9 Å². The number of rotatable bonds is 4. The Labute approximate surface area is 89.7 Å². The number of carbonyl (C=O) groups is 1. The number of aromatic nitrogens is 1. The molecule has 1 aromatic rings. The number of pyridine rings is 1. The van der Waals surface area contributed by atoms with E-state index in [0.29, 0.717) is 6.54 Å². The van der Waals surface area contributed by atoms with Gasteiger partial charge >= 0.3 is 5.97 Å². The summed E-state index contributed by atoms with van der Waals surface area (Å²) in [6, 6.07) is 1.46. The molecule has 0 radical (unpaired) electrons. The summed E-state index contributed by atoms with van der Waals surface area (Å²) in [5, 5.41) is 3.08. The molecule has 1 atom stereocenters. The fraction of sp³-hybridized carbons (Fsp3) is 0.455. The van der Waals surface area contributed by atoms with Crippen molar-refractivity contribution in [1.29, 1.82) is 0 Å². The van der Waals surface area contributed by atoms with Gasteiger partial charge in [-0.2, -0.15) is 0 Å². The van der Waals surface area contributed by atoms with Crippen LogP contribution in [0.2, 0.25) is 0 Å². The molecule has 82 valence electrons. The van der Waals surface area contributed by atoms with Crippen LogP contribution in [0.15, 0.2) is 18.5 Å². The number of likely N-dealkylation sites (N-methyl/N-ethyl adjacent to an activating group) is 1. The molecule has 0 bridgehead atoms. The van der Waals surface area contributed by atoms with E-state index < -0.39 is 6.04 Å². The number of nitrogens with one attached hydrogen (secondary N) is 1. The number of hydrogen-bond acceptors (Lipinski definition) is 4. The Morgan fingerprint density at radius 3 is 2.93 bits per heavy atom. The van der Waals surface area contributed by atoms with Crippen molar-refractivity contribution >= 4 is 5.97 Å². The second-order valence-electron chi connectivity index (χ2n) is 3.25. The monoisotopic (exact) mass is 208 g/mol. The first kappa shape index (κ1) is 11.7. The lowest BCUT2D eigenvalue weighted by Gasteiger charge is -2.17. The Kier molecular flexibility index (Phi) is 4.24. The summed E-state index contributed by atoms with van der Waals surface area (Å²) in [5.74, 6) is -0.284. The van der Waals surface area contributed by atoms with E-state index in [2.05, 4.69) is 10.3 Å². The van der Waals surface area contributed by atoms with Crippen molar-refractivity contribution in [1.82, 2.24) is 10.3 Å². The quantitative estimate of drug-likeness (QED) is 0.756. The lowest BCUT2D eigenvalue weighted by Crippen LogP contribution is -2.30. The molecule has 1 aromatic heterocycles. The molecule has 0 aliphatic rings. The fourth-order valence-electron chi connectivity index (χ4n) is 1.42. The van der Waals surface area contributed by atoms with Crippen LogP contribution in [0.3, 0.4) is 0 Å². The topological polar surface area (TPSA) is 51.2 Å². The molecule has 0 aliphatic heterocycles. The number of aryl methyl sites for hydroxylation is 1. The maximum Gasteiger partial charge on any atom is 0.327 e. The van der Waals surface area contributed by atoms with Crippen molar-refractivity contribution < 1.29 is 9.53 Å². The van der Waals surface area contributed by atoms with Crippen LogP contribution in [0.5, 0.6) is 0 Å². The van der Waals surface area contributed by atoms with Crippen LogP contribution in [0.1, 0.15) is 24.1 Å². The molecule has 0 aliphatic carbocycles. The van der Waals surface area contributed by atoms with E-state index in [9.17, 15) is 4.79 Å². The van der Waals surface area contributed by atoms with Gasteiger partial charge in [-0.3, -0.25) is 4.98 Å². The number of esters is 1. The predicted octanol–water partition coefficient (Wildman–Crippen LogP) is 1.21. The molecule has 0 spiro atoms. The molecule has 4 nitrogen and oxygen atoms in total. The summed E-state index contributed by atoms with van der Waals surface area (Å²) in [4.78, 5) is 15.6. The highest BCUT2D eigenvalue weighted by atomic mass is 16.5. The highest BCUT2D eigenvalue weighted by Crippen LogP contribution is 2.17. The Bertz CT molecular complexity index is 339. The highest BCUT2D eigenvalue weighted by Gasteiger charge is 2.21. The van der Waals surface area contributed by atoms with Gasteiger partial charge in [0, 0.05) is 18.0 Å². The maximum absolute atomic E-state index is 11.5. The van der Waals surface area contributed by atoms with Crippen LogP contribution in [0, 0.1) is 6.92 Å². The number of carbonyl (C=O) groups excluding carboxylic acids is 1. The third-order valence-electron chi connectivity index (χ3n) is 2.24. The van der Waals surface area contributed by atoms with E-state index in [1.165, 1.54) is 7.11 Å². The summed E-state index contributed by atoms with van der Waals surface area (Å²) in [7, 11) is 1.39. The number of hydrogen-bond donors (Lipinski definition) is 1. The first-order valence-corrected chi connectivity index (χ1v) is 4.92. The molecule has 0 fully saturated rings. The molecular formula is C11H16N2O2. The second-order valence-corrected chi connectivity index (χ2v) is 3.25. The Hall–Kier alpha value is -1.42. The highest BCUT2D eigenvalue weighted by molar-refractivity contribution is 5.77. The lowest BCUT2D eigenvalue weighted by molar-refractivity contribution is -0.143. The van der Waals surface area contributed by atoms with E-state index in [1.54, 1.807) is 12.4 Å². The molecule has 1 unspecified atom stereocenters. The van der Waals surface area contributed by atoms with Gasteiger partial charge in [0.05, 0.1) is 7.11 Å². The maximum atomic E-state index is 11.5. The van der Waals surface area contributed by atoms with Crippen LogP contribution in [-0.2, 0) is 9.53 Å².